The van der Waals surface area contributed by atoms with Crippen molar-refractivity contribution in [2.75, 3.05) is 12.4 Å². The molecule has 0 aliphatic carbocycles. The number of aryl methyl sites for hydroxylation is 1. The van der Waals surface area contributed by atoms with E-state index in [4.69, 9.17) is 0 Å². The summed E-state index contributed by atoms with van der Waals surface area (Å²) in [6, 6.07) is 7.42. The van der Waals surface area contributed by atoms with Crippen LogP contribution in [0.25, 0.3) is 0 Å². The molecule has 1 atom stereocenters. The lowest BCUT2D eigenvalue weighted by Gasteiger charge is -2.29. The molecule has 17 heavy (non-hydrogen) atoms. The van der Waals surface area contributed by atoms with Gasteiger partial charge in [-0.25, -0.2) is 4.79 Å². The summed E-state index contributed by atoms with van der Waals surface area (Å²) in [5, 5.41) is 5.84. The molecule has 1 saturated heterocycles. The van der Waals surface area contributed by atoms with Gasteiger partial charge in [-0.3, -0.25) is 9.69 Å². The molecule has 0 saturated carbocycles. The van der Waals surface area contributed by atoms with Crippen molar-refractivity contribution in [1.29, 1.82) is 0 Å². The Bertz CT molecular complexity index is 441. The van der Waals surface area contributed by atoms with Gasteiger partial charge in [-0.2, -0.15) is 0 Å². The Morgan fingerprint density at radius 1 is 1.41 bits per heavy atom. The SMILES string of the molecule is Cc1cccc(NC2CC(=O)N(C)C(=O)N2)c1. The highest BCUT2D eigenvalue weighted by Gasteiger charge is 2.28. The number of nitrogens with zero attached hydrogens (tertiary/aromatic N) is 1. The molecule has 1 aromatic carbocycles. The molecular formula is C12H15N3O2. The van der Waals surface area contributed by atoms with Gasteiger partial charge in [-0.15, -0.1) is 0 Å². The quantitative estimate of drug-likeness (QED) is 0.809. The number of amides is 3. The normalized spacial score (nSPS) is 20.1. The summed E-state index contributed by atoms with van der Waals surface area (Å²) in [5.41, 5.74) is 2.02. The Morgan fingerprint density at radius 2 is 2.18 bits per heavy atom. The topological polar surface area (TPSA) is 61.4 Å². The average Bonchev–Trinajstić information content (AvgIpc) is 2.26. The maximum atomic E-state index is 11.5. The highest BCUT2D eigenvalue weighted by atomic mass is 16.2. The summed E-state index contributed by atoms with van der Waals surface area (Å²) >= 11 is 0. The number of hydrogen-bond acceptors (Lipinski definition) is 3. The molecule has 90 valence electrons. The van der Waals surface area contributed by atoms with Crippen molar-refractivity contribution >= 4 is 17.6 Å². The number of hydrogen-bond donors (Lipinski definition) is 2. The first-order valence-corrected chi connectivity index (χ1v) is 5.46. The molecule has 3 amide bonds. The maximum absolute atomic E-state index is 11.5. The summed E-state index contributed by atoms with van der Waals surface area (Å²) in [4.78, 5) is 24.0. The zero-order valence-electron chi connectivity index (χ0n) is 9.86. The third kappa shape index (κ3) is 2.55. The van der Waals surface area contributed by atoms with E-state index in [1.807, 2.05) is 31.2 Å². The van der Waals surface area contributed by atoms with Gasteiger partial charge in [0.05, 0.1) is 6.42 Å². The van der Waals surface area contributed by atoms with Crippen LogP contribution >= 0.6 is 0 Å². The number of carbonyl (C=O) groups is 2. The van der Waals surface area contributed by atoms with Crippen molar-refractivity contribution in [3.63, 3.8) is 0 Å². The van der Waals surface area contributed by atoms with Crippen LogP contribution < -0.4 is 10.6 Å². The fraction of sp³-hybridized carbons (Fsp3) is 0.333. The van der Waals surface area contributed by atoms with Crippen LogP contribution in [-0.2, 0) is 4.79 Å². The molecule has 5 heteroatoms. The Morgan fingerprint density at radius 3 is 2.82 bits per heavy atom. The zero-order chi connectivity index (χ0) is 12.4. The number of anilines is 1. The molecule has 5 nitrogen and oxygen atoms in total. The van der Waals surface area contributed by atoms with Crippen LogP contribution in [0.15, 0.2) is 24.3 Å². The van der Waals surface area contributed by atoms with Crippen LogP contribution in [0, 0.1) is 6.92 Å². The molecular weight excluding hydrogens is 218 g/mol. The average molecular weight is 233 g/mol. The summed E-state index contributed by atoms with van der Waals surface area (Å²) in [6.45, 7) is 1.99. The number of urea groups is 1. The summed E-state index contributed by atoms with van der Waals surface area (Å²) in [5.74, 6) is -0.182. The monoisotopic (exact) mass is 233 g/mol. The van der Waals surface area contributed by atoms with E-state index in [0.717, 1.165) is 16.2 Å². The molecule has 0 radical (unpaired) electrons. The molecule has 2 rings (SSSR count). The van der Waals surface area contributed by atoms with Crippen LogP contribution in [0.4, 0.5) is 10.5 Å². The third-order valence-electron chi connectivity index (χ3n) is 2.71. The van der Waals surface area contributed by atoms with E-state index in [1.165, 1.54) is 7.05 Å². The maximum Gasteiger partial charge on any atom is 0.325 e. The van der Waals surface area contributed by atoms with Crippen molar-refractivity contribution in [2.24, 2.45) is 0 Å². The van der Waals surface area contributed by atoms with Gasteiger partial charge >= 0.3 is 6.03 Å². The molecule has 1 fully saturated rings. The lowest BCUT2D eigenvalue weighted by atomic mass is 10.2. The zero-order valence-corrected chi connectivity index (χ0v) is 9.86. The number of nitrogens with one attached hydrogen (secondary N) is 2. The fourth-order valence-corrected chi connectivity index (χ4v) is 1.74. The first-order valence-electron chi connectivity index (χ1n) is 5.46. The summed E-state index contributed by atoms with van der Waals surface area (Å²) in [7, 11) is 1.47. The second kappa shape index (κ2) is 4.45. The molecule has 1 aliphatic heterocycles. The van der Waals surface area contributed by atoms with E-state index in [0.29, 0.717) is 0 Å². The molecule has 0 spiro atoms. The second-order valence-corrected chi connectivity index (χ2v) is 4.17. The van der Waals surface area contributed by atoms with Gasteiger partial charge in [0.15, 0.2) is 0 Å². The van der Waals surface area contributed by atoms with Crippen LogP contribution in [0.3, 0.4) is 0 Å². The van der Waals surface area contributed by atoms with Gasteiger partial charge in [-0.05, 0) is 24.6 Å². The van der Waals surface area contributed by atoms with Gasteiger partial charge in [0.25, 0.3) is 0 Å². The van der Waals surface area contributed by atoms with Gasteiger partial charge < -0.3 is 10.6 Å². The number of carbonyl (C=O) groups excluding carboxylic acids is 2. The lowest BCUT2D eigenvalue weighted by Crippen LogP contribution is -2.55. The van der Waals surface area contributed by atoms with Crippen molar-refractivity contribution in [2.45, 2.75) is 19.5 Å². The van der Waals surface area contributed by atoms with E-state index >= 15 is 0 Å². The molecule has 1 aromatic rings. The van der Waals surface area contributed by atoms with Crippen LogP contribution in [-0.4, -0.2) is 30.1 Å². The second-order valence-electron chi connectivity index (χ2n) is 4.17. The molecule has 1 heterocycles. The third-order valence-corrected chi connectivity index (χ3v) is 2.71. The lowest BCUT2D eigenvalue weighted by molar-refractivity contribution is -0.128. The molecule has 2 N–H and O–H groups in total. The first-order chi connectivity index (χ1) is 8.06. The Kier molecular flexibility index (Phi) is 2.99. The van der Waals surface area contributed by atoms with Crippen LogP contribution in [0.5, 0.6) is 0 Å². The van der Waals surface area contributed by atoms with E-state index in [9.17, 15) is 9.59 Å². The van der Waals surface area contributed by atoms with E-state index in [-0.39, 0.29) is 24.5 Å². The predicted molar refractivity (Wildman–Crippen MR) is 64.5 cm³/mol. The van der Waals surface area contributed by atoms with Crippen LogP contribution in [0.1, 0.15) is 12.0 Å². The number of benzene rings is 1. The summed E-state index contributed by atoms with van der Waals surface area (Å²) < 4.78 is 0. The molecule has 1 unspecified atom stereocenters. The molecule has 1 aliphatic rings. The van der Waals surface area contributed by atoms with Crippen molar-refractivity contribution in [3.8, 4) is 0 Å². The minimum absolute atomic E-state index is 0.182. The van der Waals surface area contributed by atoms with Gasteiger partial charge in [0.2, 0.25) is 5.91 Å². The Labute approximate surface area is 99.8 Å². The van der Waals surface area contributed by atoms with E-state index in [2.05, 4.69) is 10.6 Å². The minimum Gasteiger partial charge on any atom is -0.365 e. The van der Waals surface area contributed by atoms with Gasteiger partial charge in [-0.1, -0.05) is 12.1 Å². The number of rotatable bonds is 2. The van der Waals surface area contributed by atoms with Gasteiger partial charge in [0, 0.05) is 12.7 Å². The van der Waals surface area contributed by atoms with Crippen molar-refractivity contribution in [3.05, 3.63) is 29.8 Å². The van der Waals surface area contributed by atoms with Gasteiger partial charge in [0.1, 0.15) is 6.17 Å². The van der Waals surface area contributed by atoms with E-state index < -0.39 is 0 Å². The molecule has 0 bridgehead atoms. The Hall–Kier alpha value is -2.04. The van der Waals surface area contributed by atoms with Crippen molar-refractivity contribution in [1.82, 2.24) is 10.2 Å². The Balaban J connectivity index is 2.05. The van der Waals surface area contributed by atoms with Crippen LogP contribution in [0.2, 0.25) is 0 Å². The summed E-state index contributed by atoms with van der Waals surface area (Å²) in [6.07, 6.45) is -0.0797. The fourth-order valence-electron chi connectivity index (χ4n) is 1.74. The smallest absolute Gasteiger partial charge is 0.325 e. The minimum atomic E-state index is -0.369. The van der Waals surface area contributed by atoms with Crippen molar-refractivity contribution < 1.29 is 9.59 Å². The number of imide groups is 1. The van der Waals surface area contributed by atoms with E-state index in [1.54, 1.807) is 0 Å². The standard InChI is InChI=1S/C12H15N3O2/c1-8-4-3-5-9(6-8)13-10-7-11(16)15(2)12(17)14-10/h3-6,10,13H,7H2,1-2H3,(H,14,17). The largest absolute Gasteiger partial charge is 0.365 e. The highest BCUT2D eigenvalue weighted by Crippen LogP contribution is 2.13. The molecule has 0 aromatic heterocycles. The first kappa shape index (κ1) is 11.4. The highest BCUT2D eigenvalue weighted by molar-refractivity contribution is 5.97. The predicted octanol–water partition coefficient (Wildman–Crippen LogP) is 1.30.